The Hall–Kier alpha value is 0.430. The average molecular weight is 327 g/mol. The molecule has 94 valence electrons. The lowest BCUT2D eigenvalue weighted by atomic mass is 9.85. The van der Waals surface area contributed by atoms with E-state index < -0.39 is 0 Å². The van der Waals surface area contributed by atoms with Gasteiger partial charge in [-0.15, -0.1) is 23.7 Å². The van der Waals surface area contributed by atoms with Crippen molar-refractivity contribution < 1.29 is 0 Å². The van der Waals surface area contributed by atoms with Crippen LogP contribution in [0.3, 0.4) is 0 Å². The summed E-state index contributed by atoms with van der Waals surface area (Å²) in [6, 6.07) is 2.77. The van der Waals surface area contributed by atoms with Crippen LogP contribution in [-0.2, 0) is 6.54 Å². The Balaban J connectivity index is 0.00000225. The second-order valence-corrected chi connectivity index (χ2v) is 6.85. The first-order valence-electron chi connectivity index (χ1n) is 5.39. The van der Waals surface area contributed by atoms with E-state index in [2.05, 4.69) is 60.4 Å². The minimum atomic E-state index is 0. The van der Waals surface area contributed by atoms with Crippen molar-refractivity contribution in [3.05, 3.63) is 20.8 Å². The molecule has 0 fully saturated rings. The van der Waals surface area contributed by atoms with Gasteiger partial charge < -0.3 is 5.32 Å². The van der Waals surface area contributed by atoms with Gasteiger partial charge in [0.2, 0.25) is 0 Å². The standard InChI is InChI=1S/C12H20BrNS.ClH/c1-5-11(12(2,3)4)14-7-10-6-9(13)8-15-10;/h6,8,11,14H,5,7H2,1-4H3;1H. The lowest BCUT2D eigenvalue weighted by Crippen LogP contribution is -2.39. The van der Waals surface area contributed by atoms with Crippen molar-refractivity contribution in [2.75, 3.05) is 0 Å². The van der Waals surface area contributed by atoms with E-state index in [1.165, 1.54) is 15.8 Å². The molecule has 0 spiro atoms. The highest BCUT2D eigenvalue weighted by Gasteiger charge is 2.22. The molecule has 0 aromatic carbocycles. The summed E-state index contributed by atoms with van der Waals surface area (Å²) in [5, 5.41) is 5.76. The van der Waals surface area contributed by atoms with E-state index in [1.807, 2.05) is 0 Å². The Labute approximate surface area is 118 Å². The van der Waals surface area contributed by atoms with Gasteiger partial charge in [0.1, 0.15) is 0 Å². The van der Waals surface area contributed by atoms with Crippen molar-refractivity contribution in [1.29, 1.82) is 0 Å². The molecule has 1 unspecified atom stereocenters. The average Bonchev–Trinajstić information content (AvgIpc) is 2.50. The molecule has 0 radical (unpaired) electrons. The van der Waals surface area contributed by atoms with Crippen molar-refractivity contribution >= 4 is 39.7 Å². The summed E-state index contributed by atoms with van der Waals surface area (Å²) in [5.74, 6) is 0. The van der Waals surface area contributed by atoms with Crippen LogP contribution in [0.1, 0.15) is 39.0 Å². The van der Waals surface area contributed by atoms with Gasteiger partial charge in [0, 0.05) is 27.3 Å². The van der Waals surface area contributed by atoms with Crippen LogP contribution in [0.5, 0.6) is 0 Å². The van der Waals surface area contributed by atoms with Gasteiger partial charge in [0.25, 0.3) is 0 Å². The number of halogens is 2. The van der Waals surface area contributed by atoms with Gasteiger partial charge >= 0.3 is 0 Å². The molecule has 0 aliphatic heterocycles. The molecule has 1 rings (SSSR count). The second-order valence-electron chi connectivity index (χ2n) is 4.94. The van der Waals surface area contributed by atoms with Gasteiger partial charge in [0.05, 0.1) is 0 Å². The smallest absolute Gasteiger partial charge is 0.0302 e. The molecule has 0 aliphatic carbocycles. The Morgan fingerprint density at radius 3 is 2.44 bits per heavy atom. The van der Waals surface area contributed by atoms with Crippen LogP contribution in [-0.4, -0.2) is 6.04 Å². The number of thiophene rings is 1. The van der Waals surface area contributed by atoms with Crippen molar-refractivity contribution in [1.82, 2.24) is 5.32 Å². The van der Waals surface area contributed by atoms with Crippen LogP contribution in [0.15, 0.2) is 15.9 Å². The lowest BCUT2D eigenvalue weighted by molar-refractivity contribution is 0.260. The van der Waals surface area contributed by atoms with Crippen LogP contribution in [0.25, 0.3) is 0 Å². The summed E-state index contributed by atoms with van der Waals surface area (Å²) >= 11 is 5.28. The minimum absolute atomic E-state index is 0. The molecule has 1 aromatic rings. The van der Waals surface area contributed by atoms with E-state index in [-0.39, 0.29) is 12.4 Å². The SMILES string of the molecule is CCC(NCc1cc(Br)cs1)C(C)(C)C.Cl. The Morgan fingerprint density at radius 1 is 1.44 bits per heavy atom. The first-order valence-corrected chi connectivity index (χ1v) is 7.07. The molecular formula is C12H21BrClNS. The zero-order valence-corrected chi connectivity index (χ0v) is 13.6. The highest BCUT2D eigenvalue weighted by atomic mass is 79.9. The van der Waals surface area contributed by atoms with E-state index in [4.69, 9.17) is 0 Å². The summed E-state index contributed by atoms with van der Waals surface area (Å²) in [5.41, 5.74) is 0.337. The maximum atomic E-state index is 3.63. The largest absolute Gasteiger partial charge is 0.309 e. The van der Waals surface area contributed by atoms with Gasteiger partial charge in [-0.25, -0.2) is 0 Å². The topological polar surface area (TPSA) is 12.0 Å². The van der Waals surface area contributed by atoms with Gasteiger partial charge in [-0.2, -0.15) is 0 Å². The van der Waals surface area contributed by atoms with Crippen LogP contribution in [0.2, 0.25) is 0 Å². The van der Waals surface area contributed by atoms with Gasteiger partial charge in [0.15, 0.2) is 0 Å². The van der Waals surface area contributed by atoms with E-state index in [0.717, 1.165) is 6.54 Å². The number of rotatable bonds is 4. The molecule has 1 aromatic heterocycles. The Kier molecular flexibility index (Phi) is 7.18. The summed E-state index contributed by atoms with van der Waals surface area (Å²) in [6.45, 7) is 10.1. The van der Waals surface area contributed by atoms with E-state index in [1.54, 1.807) is 11.3 Å². The molecule has 16 heavy (non-hydrogen) atoms. The third-order valence-electron chi connectivity index (χ3n) is 2.60. The van der Waals surface area contributed by atoms with E-state index >= 15 is 0 Å². The molecule has 1 N–H and O–H groups in total. The molecule has 0 aliphatic rings. The summed E-state index contributed by atoms with van der Waals surface area (Å²) < 4.78 is 1.19. The molecular weight excluding hydrogens is 306 g/mol. The van der Waals surface area contributed by atoms with Gasteiger partial charge in [-0.3, -0.25) is 0 Å². The predicted octanol–water partition coefficient (Wildman–Crippen LogP) is 4.85. The molecule has 1 heterocycles. The number of nitrogens with one attached hydrogen (secondary N) is 1. The molecule has 4 heteroatoms. The first-order chi connectivity index (χ1) is 6.93. The third kappa shape index (κ3) is 5.17. The molecule has 0 amide bonds. The molecule has 1 nitrogen and oxygen atoms in total. The molecule has 0 saturated carbocycles. The zero-order chi connectivity index (χ0) is 11.5. The Morgan fingerprint density at radius 2 is 2.06 bits per heavy atom. The van der Waals surface area contributed by atoms with Crippen LogP contribution in [0, 0.1) is 5.41 Å². The lowest BCUT2D eigenvalue weighted by Gasteiger charge is -2.30. The number of hydrogen-bond acceptors (Lipinski definition) is 2. The van der Waals surface area contributed by atoms with Gasteiger partial charge in [-0.1, -0.05) is 27.7 Å². The summed E-state index contributed by atoms with van der Waals surface area (Å²) in [7, 11) is 0. The molecule has 1 atom stereocenters. The fraction of sp³-hybridized carbons (Fsp3) is 0.667. The van der Waals surface area contributed by atoms with Crippen molar-refractivity contribution in [2.24, 2.45) is 5.41 Å². The normalized spacial score (nSPS) is 13.3. The monoisotopic (exact) mass is 325 g/mol. The van der Waals surface area contributed by atoms with Crippen molar-refractivity contribution in [3.63, 3.8) is 0 Å². The quantitative estimate of drug-likeness (QED) is 0.834. The highest BCUT2D eigenvalue weighted by Crippen LogP contribution is 2.24. The minimum Gasteiger partial charge on any atom is -0.309 e. The molecule has 0 saturated heterocycles. The maximum Gasteiger partial charge on any atom is 0.0302 e. The van der Waals surface area contributed by atoms with Gasteiger partial charge in [-0.05, 0) is 33.8 Å². The van der Waals surface area contributed by atoms with Crippen LogP contribution in [0.4, 0.5) is 0 Å². The molecule has 0 bridgehead atoms. The third-order valence-corrected chi connectivity index (χ3v) is 4.30. The Bertz CT molecular complexity index is 306. The highest BCUT2D eigenvalue weighted by molar-refractivity contribution is 9.10. The summed E-state index contributed by atoms with van der Waals surface area (Å²) in [4.78, 5) is 1.39. The van der Waals surface area contributed by atoms with Crippen molar-refractivity contribution in [3.8, 4) is 0 Å². The fourth-order valence-corrected chi connectivity index (χ4v) is 3.14. The zero-order valence-electron chi connectivity index (χ0n) is 10.3. The summed E-state index contributed by atoms with van der Waals surface area (Å²) in [6.07, 6.45) is 1.18. The first kappa shape index (κ1) is 16.4. The number of hydrogen-bond donors (Lipinski definition) is 1. The van der Waals surface area contributed by atoms with Crippen LogP contribution >= 0.6 is 39.7 Å². The second kappa shape index (κ2) is 7.00. The maximum absolute atomic E-state index is 3.63. The van der Waals surface area contributed by atoms with E-state index in [9.17, 15) is 0 Å². The fourth-order valence-electron chi connectivity index (χ4n) is 1.73. The van der Waals surface area contributed by atoms with Crippen molar-refractivity contribution in [2.45, 2.75) is 46.7 Å². The van der Waals surface area contributed by atoms with E-state index in [0.29, 0.717) is 11.5 Å². The predicted molar refractivity (Wildman–Crippen MR) is 79.6 cm³/mol. The van der Waals surface area contributed by atoms with Crippen LogP contribution < -0.4 is 5.32 Å².